The van der Waals surface area contributed by atoms with Gasteiger partial charge in [0.25, 0.3) is 10.0 Å². The Labute approximate surface area is 175 Å². The predicted octanol–water partition coefficient (Wildman–Crippen LogP) is 5.71. The number of rotatable bonds is 3. The molecule has 3 aromatic carbocycles. The van der Waals surface area contributed by atoms with Gasteiger partial charge in [-0.25, -0.2) is 12.4 Å². The van der Waals surface area contributed by atoms with Gasteiger partial charge in [-0.15, -0.1) is 0 Å². The molecule has 0 aliphatic carbocycles. The Balaban J connectivity index is 1.97. The van der Waals surface area contributed by atoms with Crippen molar-refractivity contribution in [2.24, 2.45) is 0 Å². The second-order valence-corrected chi connectivity index (χ2v) is 9.26. The molecular weight excluding hydrogens is 392 g/mol. The maximum absolute atomic E-state index is 13.8. The van der Waals surface area contributed by atoms with Crippen LogP contribution in [0.15, 0.2) is 89.8 Å². The molecule has 0 saturated heterocycles. The van der Waals surface area contributed by atoms with Gasteiger partial charge in [0.1, 0.15) is 0 Å². The highest BCUT2D eigenvalue weighted by atomic mass is 32.2. The number of nitrogens with zero attached hydrogens (tertiary/aromatic N) is 2. The second kappa shape index (κ2) is 6.82. The van der Waals surface area contributed by atoms with Gasteiger partial charge < -0.3 is 0 Å². The molecule has 2 heterocycles. The first-order valence-corrected chi connectivity index (χ1v) is 11.2. The maximum Gasteiger partial charge on any atom is 0.268 e. The summed E-state index contributed by atoms with van der Waals surface area (Å²) >= 11 is 0. The van der Waals surface area contributed by atoms with Crippen LogP contribution in [0.25, 0.3) is 33.1 Å². The molecule has 0 spiro atoms. The van der Waals surface area contributed by atoms with Crippen molar-refractivity contribution in [3.63, 3.8) is 0 Å². The van der Waals surface area contributed by atoms with Crippen LogP contribution in [0.1, 0.15) is 11.3 Å². The normalized spacial score (nSPS) is 11.9. The third-order valence-electron chi connectivity index (χ3n) is 5.34. The summed E-state index contributed by atoms with van der Waals surface area (Å²) in [6.45, 7) is 3.88. The van der Waals surface area contributed by atoms with Crippen LogP contribution < -0.4 is 0 Å². The highest BCUT2D eigenvalue weighted by molar-refractivity contribution is 7.90. The van der Waals surface area contributed by atoms with Crippen LogP contribution in [-0.4, -0.2) is 17.4 Å². The highest BCUT2D eigenvalue weighted by Gasteiger charge is 2.26. The molecular formula is C25H20N2O2S. The Morgan fingerprint density at radius 1 is 0.767 bits per heavy atom. The van der Waals surface area contributed by atoms with Gasteiger partial charge in [-0.05, 0) is 38.1 Å². The Bertz CT molecular complexity index is 1500. The summed E-state index contributed by atoms with van der Waals surface area (Å²) in [5.74, 6) is 0. The molecule has 0 bridgehead atoms. The van der Waals surface area contributed by atoms with Gasteiger partial charge in [-0.2, -0.15) is 0 Å². The average molecular weight is 413 g/mol. The molecule has 2 aromatic heterocycles. The van der Waals surface area contributed by atoms with E-state index >= 15 is 0 Å². The van der Waals surface area contributed by atoms with Gasteiger partial charge in [0.2, 0.25) is 0 Å². The van der Waals surface area contributed by atoms with Crippen molar-refractivity contribution in [1.29, 1.82) is 0 Å². The maximum atomic E-state index is 13.8. The lowest BCUT2D eigenvalue weighted by atomic mass is 10.1. The Morgan fingerprint density at radius 3 is 2.17 bits per heavy atom. The number of pyridine rings is 1. The lowest BCUT2D eigenvalue weighted by molar-refractivity contribution is 0.590. The van der Waals surface area contributed by atoms with Crippen molar-refractivity contribution in [2.75, 3.05) is 0 Å². The van der Waals surface area contributed by atoms with E-state index in [1.807, 2.05) is 86.6 Å². The van der Waals surface area contributed by atoms with E-state index in [9.17, 15) is 8.42 Å². The first-order valence-electron chi connectivity index (χ1n) is 9.75. The lowest BCUT2D eigenvalue weighted by Gasteiger charge is -2.12. The first kappa shape index (κ1) is 18.6. The number of hydrogen-bond donors (Lipinski definition) is 0. The van der Waals surface area contributed by atoms with Gasteiger partial charge >= 0.3 is 0 Å². The van der Waals surface area contributed by atoms with Crippen LogP contribution in [0.5, 0.6) is 0 Å². The largest absolute Gasteiger partial charge is 0.268 e. The number of fused-ring (bicyclic) bond motifs is 3. The van der Waals surface area contributed by atoms with Crippen molar-refractivity contribution in [3.8, 4) is 11.3 Å². The predicted molar refractivity (Wildman–Crippen MR) is 121 cm³/mol. The molecule has 30 heavy (non-hydrogen) atoms. The summed E-state index contributed by atoms with van der Waals surface area (Å²) in [5, 5.41) is 1.78. The number of hydrogen-bond acceptors (Lipinski definition) is 3. The van der Waals surface area contributed by atoms with Gasteiger partial charge in [0.05, 0.1) is 21.6 Å². The molecule has 0 amide bonds. The van der Waals surface area contributed by atoms with Gasteiger partial charge in [0, 0.05) is 22.0 Å². The fourth-order valence-electron chi connectivity index (χ4n) is 3.94. The third kappa shape index (κ3) is 2.82. The van der Waals surface area contributed by atoms with E-state index < -0.39 is 10.0 Å². The standard InChI is InChI=1S/C25H20N2O2S/c1-17-12-14-20(15-13-17)30(28,29)27-23-11-7-6-10-21(23)22-16-18(2)26-24(25(22)27)19-8-4-3-5-9-19/h3-16H,1-2H3. The average Bonchev–Trinajstić information content (AvgIpc) is 3.09. The Hall–Kier alpha value is -3.44. The number of benzene rings is 3. The third-order valence-corrected chi connectivity index (χ3v) is 7.07. The zero-order valence-electron chi connectivity index (χ0n) is 16.7. The van der Waals surface area contributed by atoms with E-state index in [1.165, 1.54) is 3.97 Å². The van der Waals surface area contributed by atoms with Crippen molar-refractivity contribution in [1.82, 2.24) is 8.96 Å². The molecule has 0 aliphatic rings. The van der Waals surface area contributed by atoms with Crippen LogP contribution in [0, 0.1) is 13.8 Å². The molecule has 0 aliphatic heterocycles. The van der Waals surface area contributed by atoms with Gasteiger partial charge in [-0.1, -0.05) is 66.2 Å². The molecule has 148 valence electrons. The van der Waals surface area contributed by atoms with E-state index in [0.717, 1.165) is 27.6 Å². The van der Waals surface area contributed by atoms with Crippen molar-refractivity contribution >= 4 is 31.8 Å². The van der Waals surface area contributed by atoms with E-state index in [-0.39, 0.29) is 4.90 Å². The van der Waals surface area contributed by atoms with E-state index in [1.54, 1.807) is 12.1 Å². The first-order chi connectivity index (χ1) is 14.5. The zero-order valence-corrected chi connectivity index (χ0v) is 17.5. The van der Waals surface area contributed by atoms with Crippen molar-refractivity contribution in [3.05, 3.63) is 96.2 Å². The number of para-hydroxylation sites is 1. The number of aryl methyl sites for hydroxylation is 2. The summed E-state index contributed by atoms with van der Waals surface area (Å²) in [7, 11) is -3.83. The lowest BCUT2D eigenvalue weighted by Crippen LogP contribution is -2.13. The van der Waals surface area contributed by atoms with Crippen LogP contribution in [-0.2, 0) is 10.0 Å². The van der Waals surface area contributed by atoms with Gasteiger partial charge in [0.15, 0.2) is 0 Å². The molecule has 0 saturated carbocycles. The summed E-state index contributed by atoms with van der Waals surface area (Å²) in [6, 6.07) is 26.3. The Morgan fingerprint density at radius 2 is 1.43 bits per heavy atom. The fraction of sp³-hybridized carbons (Fsp3) is 0.0800. The topological polar surface area (TPSA) is 52.0 Å². The minimum absolute atomic E-state index is 0.260. The molecule has 0 atom stereocenters. The second-order valence-electron chi connectivity index (χ2n) is 7.47. The van der Waals surface area contributed by atoms with E-state index in [0.29, 0.717) is 16.7 Å². The van der Waals surface area contributed by atoms with Crippen molar-refractivity contribution < 1.29 is 8.42 Å². The molecule has 5 heteroatoms. The zero-order chi connectivity index (χ0) is 20.9. The monoisotopic (exact) mass is 412 g/mol. The molecule has 0 N–H and O–H groups in total. The SMILES string of the molecule is Cc1ccc(S(=O)(=O)n2c3ccccc3c3cc(C)nc(-c4ccccc4)c32)cc1. The fourth-order valence-corrected chi connectivity index (χ4v) is 5.47. The summed E-state index contributed by atoms with van der Waals surface area (Å²) in [5.41, 5.74) is 4.66. The van der Waals surface area contributed by atoms with Crippen molar-refractivity contribution in [2.45, 2.75) is 18.7 Å². The molecule has 5 rings (SSSR count). The molecule has 4 nitrogen and oxygen atoms in total. The Kier molecular flexibility index (Phi) is 4.22. The van der Waals surface area contributed by atoms with Crippen LogP contribution in [0.3, 0.4) is 0 Å². The minimum Gasteiger partial charge on any atom is -0.251 e. The summed E-state index contributed by atoms with van der Waals surface area (Å²) < 4.78 is 29.1. The highest BCUT2D eigenvalue weighted by Crippen LogP contribution is 2.37. The van der Waals surface area contributed by atoms with Crippen LogP contribution in [0.2, 0.25) is 0 Å². The quantitative estimate of drug-likeness (QED) is 0.381. The van der Waals surface area contributed by atoms with E-state index in [4.69, 9.17) is 4.98 Å². The molecule has 0 unspecified atom stereocenters. The van der Waals surface area contributed by atoms with Crippen LogP contribution in [0.4, 0.5) is 0 Å². The summed E-state index contributed by atoms with van der Waals surface area (Å²) in [6.07, 6.45) is 0. The molecule has 0 radical (unpaired) electrons. The van der Waals surface area contributed by atoms with Crippen LogP contribution >= 0.6 is 0 Å². The smallest absolute Gasteiger partial charge is 0.251 e. The van der Waals surface area contributed by atoms with E-state index in [2.05, 4.69) is 0 Å². The minimum atomic E-state index is -3.83. The number of aromatic nitrogens is 2. The van der Waals surface area contributed by atoms with Gasteiger partial charge in [-0.3, -0.25) is 4.98 Å². The molecule has 5 aromatic rings. The summed E-state index contributed by atoms with van der Waals surface area (Å²) in [4.78, 5) is 5.02. The molecule has 0 fully saturated rings.